The zero-order valence-electron chi connectivity index (χ0n) is 10.7. The molecule has 4 heteroatoms. The van der Waals surface area contributed by atoms with Crippen LogP contribution in [-0.4, -0.2) is 26.0 Å². The lowest BCUT2D eigenvalue weighted by Crippen LogP contribution is -2.19. The molecule has 2 rings (SSSR count). The lowest BCUT2D eigenvalue weighted by molar-refractivity contribution is 0.265. The maximum absolute atomic E-state index is 9.28. The second-order valence-corrected chi connectivity index (χ2v) is 6.67. The van der Waals surface area contributed by atoms with E-state index >= 15 is 0 Å². The molecule has 3 nitrogen and oxygen atoms in total. The fraction of sp³-hybridized carbons (Fsp3) is 0.462. The summed E-state index contributed by atoms with van der Waals surface area (Å²) in [6.45, 7) is 6.23. The second kappa shape index (κ2) is 4.35. The predicted octanol–water partition coefficient (Wildman–Crippen LogP) is 2.74. The van der Waals surface area contributed by atoms with Gasteiger partial charge in [0.15, 0.2) is 0 Å². The number of hydrogen-bond acceptors (Lipinski definition) is 3. The Bertz CT molecular complexity index is 546. The van der Waals surface area contributed by atoms with Gasteiger partial charge >= 0.3 is 0 Å². The van der Waals surface area contributed by atoms with Crippen LogP contribution >= 0.6 is 11.8 Å². The summed E-state index contributed by atoms with van der Waals surface area (Å²) in [5.74, 6) is 1.02. The first-order valence-electron chi connectivity index (χ1n) is 5.66. The van der Waals surface area contributed by atoms with E-state index in [4.69, 9.17) is 0 Å². The third-order valence-corrected chi connectivity index (χ3v) is 4.02. The maximum Gasteiger partial charge on any atom is 0.106 e. The topological polar surface area (TPSA) is 38.1 Å². The van der Waals surface area contributed by atoms with Gasteiger partial charge in [-0.25, -0.2) is 4.98 Å². The van der Waals surface area contributed by atoms with Crippen LogP contribution in [0.4, 0.5) is 0 Å². The average Bonchev–Trinajstić information content (AvgIpc) is 2.54. The SMILES string of the molecule is Cc1nc2cc(SC(C)(C)CO)ccc2n1C. The summed E-state index contributed by atoms with van der Waals surface area (Å²) in [5, 5.41) is 9.28. The summed E-state index contributed by atoms with van der Waals surface area (Å²) in [5.41, 5.74) is 2.16. The summed E-state index contributed by atoms with van der Waals surface area (Å²) in [6, 6.07) is 6.26. The number of hydrogen-bond donors (Lipinski definition) is 1. The van der Waals surface area contributed by atoms with Gasteiger partial charge in [0.25, 0.3) is 0 Å². The highest BCUT2D eigenvalue weighted by atomic mass is 32.2. The number of aliphatic hydroxyl groups excluding tert-OH is 1. The van der Waals surface area contributed by atoms with Gasteiger partial charge in [0.05, 0.1) is 17.6 Å². The molecule has 0 fully saturated rings. The van der Waals surface area contributed by atoms with Crippen LogP contribution in [0, 0.1) is 6.92 Å². The quantitative estimate of drug-likeness (QED) is 0.851. The normalized spacial score (nSPS) is 12.3. The molecule has 0 atom stereocenters. The van der Waals surface area contributed by atoms with Crippen molar-refractivity contribution in [3.8, 4) is 0 Å². The first-order chi connectivity index (χ1) is 7.93. The van der Waals surface area contributed by atoms with Crippen LogP contribution in [0.5, 0.6) is 0 Å². The van der Waals surface area contributed by atoms with E-state index in [2.05, 4.69) is 27.8 Å². The molecule has 0 saturated heterocycles. The molecule has 0 unspecified atom stereocenters. The van der Waals surface area contributed by atoms with Crippen LogP contribution in [0.25, 0.3) is 11.0 Å². The first kappa shape index (κ1) is 12.5. The number of aryl methyl sites for hydroxylation is 2. The molecule has 0 aliphatic rings. The van der Waals surface area contributed by atoms with E-state index in [0.717, 1.165) is 21.8 Å². The molecule has 0 saturated carbocycles. The third-order valence-electron chi connectivity index (χ3n) is 2.85. The monoisotopic (exact) mass is 250 g/mol. The Balaban J connectivity index is 2.39. The molecule has 1 aromatic carbocycles. The molecular weight excluding hydrogens is 232 g/mol. The number of fused-ring (bicyclic) bond motifs is 1. The van der Waals surface area contributed by atoms with E-state index < -0.39 is 0 Å². The third kappa shape index (κ3) is 2.48. The molecule has 0 radical (unpaired) electrons. The minimum Gasteiger partial charge on any atom is -0.395 e. The number of aliphatic hydroxyl groups is 1. The first-order valence-corrected chi connectivity index (χ1v) is 6.47. The Morgan fingerprint density at radius 1 is 1.41 bits per heavy atom. The van der Waals surface area contributed by atoms with Gasteiger partial charge in [-0.2, -0.15) is 0 Å². The Labute approximate surface area is 106 Å². The lowest BCUT2D eigenvalue weighted by atomic mass is 10.2. The van der Waals surface area contributed by atoms with Gasteiger partial charge in [-0.1, -0.05) is 0 Å². The van der Waals surface area contributed by atoms with Gasteiger partial charge in [0.2, 0.25) is 0 Å². The highest BCUT2D eigenvalue weighted by Crippen LogP contribution is 2.33. The summed E-state index contributed by atoms with van der Waals surface area (Å²) >= 11 is 1.68. The summed E-state index contributed by atoms with van der Waals surface area (Å²) in [7, 11) is 2.02. The van der Waals surface area contributed by atoms with E-state index in [0.29, 0.717) is 0 Å². The molecule has 0 spiro atoms. The molecule has 0 bridgehead atoms. The Hall–Kier alpha value is -1.00. The molecule has 1 aromatic heterocycles. The van der Waals surface area contributed by atoms with Gasteiger partial charge in [0.1, 0.15) is 5.82 Å². The van der Waals surface area contributed by atoms with Crippen LogP contribution in [0.2, 0.25) is 0 Å². The van der Waals surface area contributed by atoms with E-state index in [1.165, 1.54) is 0 Å². The number of thioether (sulfide) groups is 1. The standard InChI is InChI=1S/C13H18N2OS/c1-9-14-11-7-10(17-13(2,3)8-16)5-6-12(11)15(9)4/h5-7,16H,8H2,1-4H3. The molecule has 0 aliphatic carbocycles. The Morgan fingerprint density at radius 2 is 2.12 bits per heavy atom. The smallest absolute Gasteiger partial charge is 0.106 e. The van der Waals surface area contributed by atoms with E-state index in [1.54, 1.807) is 11.8 Å². The maximum atomic E-state index is 9.28. The van der Waals surface area contributed by atoms with Crippen molar-refractivity contribution in [2.75, 3.05) is 6.61 Å². The van der Waals surface area contributed by atoms with Crippen molar-refractivity contribution >= 4 is 22.8 Å². The lowest BCUT2D eigenvalue weighted by Gasteiger charge is -2.20. The molecule has 2 aromatic rings. The van der Waals surface area contributed by atoms with E-state index in [1.807, 2.05) is 27.8 Å². The number of nitrogens with zero attached hydrogens (tertiary/aromatic N) is 2. The van der Waals surface area contributed by atoms with Crippen LogP contribution in [0.15, 0.2) is 23.1 Å². The van der Waals surface area contributed by atoms with Gasteiger partial charge in [0, 0.05) is 16.7 Å². The van der Waals surface area contributed by atoms with Gasteiger partial charge in [-0.15, -0.1) is 11.8 Å². The van der Waals surface area contributed by atoms with Gasteiger partial charge < -0.3 is 9.67 Å². The highest BCUT2D eigenvalue weighted by Gasteiger charge is 2.18. The molecule has 0 amide bonds. The van der Waals surface area contributed by atoms with Crippen LogP contribution in [-0.2, 0) is 7.05 Å². The predicted molar refractivity (Wildman–Crippen MR) is 72.5 cm³/mol. The fourth-order valence-electron chi connectivity index (χ4n) is 1.71. The van der Waals surface area contributed by atoms with Crippen molar-refractivity contribution in [1.29, 1.82) is 0 Å². The largest absolute Gasteiger partial charge is 0.395 e. The molecule has 1 heterocycles. The van der Waals surface area contributed by atoms with Crippen molar-refractivity contribution in [1.82, 2.24) is 9.55 Å². The van der Waals surface area contributed by atoms with E-state index in [9.17, 15) is 5.11 Å². The van der Waals surface area contributed by atoms with E-state index in [-0.39, 0.29) is 11.4 Å². The summed E-state index contributed by atoms with van der Waals surface area (Å²) in [4.78, 5) is 5.66. The zero-order valence-corrected chi connectivity index (χ0v) is 11.5. The Morgan fingerprint density at radius 3 is 2.76 bits per heavy atom. The number of imidazole rings is 1. The molecule has 0 aliphatic heterocycles. The number of aromatic nitrogens is 2. The van der Waals surface area contributed by atoms with Crippen molar-refractivity contribution in [2.24, 2.45) is 7.05 Å². The van der Waals surface area contributed by atoms with Crippen LogP contribution in [0.1, 0.15) is 19.7 Å². The van der Waals surface area contributed by atoms with Crippen molar-refractivity contribution < 1.29 is 5.11 Å². The van der Waals surface area contributed by atoms with Gasteiger partial charge in [-0.3, -0.25) is 0 Å². The van der Waals surface area contributed by atoms with Crippen LogP contribution in [0.3, 0.4) is 0 Å². The highest BCUT2D eigenvalue weighted by molar-refractivity contribution is 8.00. The minimum absolute atomic E-state index is 0.155. The van der Waals surface area contributed by atoms with Crippen molar-refractivity contribution in [2.45, 2.75) is 30.4 Å². The van der Waals surface area contributed by atoms with Crippen LogP contribution < -0.4 is 0 Å². The van der Waals surface area contributed by atoms with Gasteiger partial charge in [-0.05, 0) is 39.0 Å². The minimum atomic E-state index is -0.155. The number of benzene rings is 1. The van der Waals surface area contributed by atoms with Crippen molar-refractivity contribution in [3.05, 3.63) is 24.0 Å². The molecule has 1 N–H and O–H groups in total. The summed E-state index contributed by atoms with van der Waals surface area (Å²) < 4.78 is 1.93. The number of rotatable bonds is 3. The molecular formula is C13H18N2OS. The summed E-state index contributed by atoms with van der Waals surface area (Å²) in [6.07, 6.45) is 0. The average molecular weight is 250 g/mol. The fourth-order valence-corrected chi connectivity index (χ4v) is 2.72. The zero-order chi connectivity index (χ0) is 12.6. The molecule has 17 heavy (non-hydrogen) atoms. The second-order valence-electron chi connectivity index (χ2n) is 4.89. The Kier molecular flexibility index (Phi) is 3.19. The van der Waals surface area contributed by atoms with Crippen molar-refractivity contribution in [3.63, 3.8) is 0 Å². The molecule has 92 valence electrons.